The summed E-state index contributed by atoms with van der Waals surface area (Å²) in [6, 6.07) is 0. The SMILES string of the molecule is CCNCc1nc(CN2CCSCC2)cs1. The number of nitrogens with one attached hydrogen (secondary N) is 1. The van der Waals surface area contributed by atoms with Gasteiger partial charge in [-0.2, -0.15) is 11.8 Å². The maximum atomic E-state index is 4.65. The lowest BCUT2D eigenvalue weighted by Gasteiger charge is -2.25. The number of aromatic nitrogens is 1. The van der Waals surface area contributed by atoms with Crippen molar-refractivity contribution in [3.63, 3.8) is 0 Å². The van der Waals surface area contributed by atoms with E-state index in [0.717, 1.165) is 19.6 Å². The second kappa shape index (κ2) is 6.59. The molecule has 16 heavy (non-hydrogen) atoms. The summed E-state index contributed by atoms with van der Waals surface area (Å²) in [5.41, 5.74) is 1.24. The molecule has 1 aliphatic heterocycles. The van der Waals surface area contributed by atoms with E-state index in [9.17, 15) is 0 Å². The zero-order chi connectivity index (χ0) is 11.2. The molecule has 0 unspecified atom stereocenters. The highest BCUT2D eigenvalue weighted by Gasteiger charge is 2.12. The summed E-state index contributed by atoms with van der Waals surface area (Å²) in [5, 5.41) is 6.73. The molecule has 3 nitrogen and oxygen atoms in total. The van der Waals surface area contributed by atoms with Gasteiger partial charge in [0.1, 0.15) is 5.01 Å². The van der Waals surface area contributed by atoms with Crippen molar-refractivity contribution in [1.82, 2.24) is 15.2 Å². The van der Waals surface area contributed by atoms with Crippen LogP contribution in [0.25, 0.3) is 0 Å². The number of thioether (sulfide) groups is 1. The molecule has 90 valence electrons. The largest absolute Gasteiger partial charge is 0.311 e. The van der Waals surface area contributed by atoms with E-state index in [2.05, 4.69) is 39.3 Å². The van der Waals surface area contributed by atoms with Gasteiger partial charge in [0.2, 0.25) is 0 Å². The number of hydrogen-bond donors (Lipinski definition) is 1. The third-order valence-corrected chi connectivity index (χ3v) is 4.45. The summed E-state index contributed by atoms with van der Waals surface area (Å²) in [5.74, 6) is 2.54. The zero-order valence-corrected chi connectivity index (χ0v) is 11.4. The Morgan fingerprint density at radius 1 is 1.44 bits per heavy atom. The molecule has 0 radical (unpaired) electrons. The lowest BCUT2D eigenvalue weighted by atomic mass is 10.4. The molecule has 1 N–H and O–H groups in total. The minimum absolute atomic E-state index is 0.914. The molecule has 5 heteroatoms. The van der Waals surface area contributed by atoms with Crippen LogP contribution in [0.5, 0.6) is 0 Å². The summed E-state index contributed by atoms with van der Waals surface area (Å²) < 4.78 is 0. The Balaban J connectivity index is 1.81. The number of rotatable bonds is 5. The monoisotopic (exact) mass is 257 g/mol. The van der Waals surface area contributed by atoms with Crippen molar-refractivity contribution >= 4 is 23.1 Å². The van der Waals surface area contributed by atoms with Gasteiger partial charge < -0.3 is 5.32 Å². The number of nitrogens with zero attached hydrogens (tertiary/aromatic N) is 2. The average molecular weight is 257 g/mol. The zero-order valence-electron chi connectivity index (χ0n) is 9.74. The molecular formula is C11H19N3S2. The van der Waals surface area contributed by atoms with Crippen molar-refractivity contribution < 1.29 is 0 Å². The molecule has 0 atom stereocenters. The smallest absolute Gasteiger partial charge is 0.107 e. The van der Waals surface area contributed by atoms with Gasteiger partial charge in [0.15, 0.2) is 0 Å². The van der Waals surface area contributed by atoms with Crippen LogP contribution in [0.3, 0.4) is 0 Å². The van der Waals surface area contributed by atoms with Crippen molar-refractivity contribution in [3.8, 4) is 0 Å². The first kappa shape index (κ1) is 12.4. The molecule has 1 saturated heterocycles. The molecular weight excluding hydrogens is 238 g/mol. The lowest BCUT2D eigenvalue weighted by Crippen LogP contribution is -2.32. The Hall–Kier alpha value is -0.100. The molecule has 1 fully saturated rings. The van der Waals surface area contributed by atoms with Gasteiger partial charge in [-0.3, -0.25) is 4.90 Å². The summed E-state index contributed by atoms with van der Waals surface area (Å²) in [6.45, 7) is 7.51. The van der Waals surface area contributed by atoms with Crippen LogP contribution in [0.15, 0.2) is 5.38 Å². The van der Waals surface area contributed by atoms with E-state index in [0.29, 0.717) is 0 Å². The van der Waals surface area contributed by atoms with Crippen LogP contribution >= 0.6 is 23.1 Å². The maximum absolute atomic E-state index is 4.65. The minimum atomic E-state index is 0.914. The summed E-state index contributed by atoms with van der Waals surface area (Å²) in [7, 11) is 0. The standard InChI is InChI=1S/C11H19N3S2/c1-2-12-7-11-13-10(9-16-11)8-14-3-5-15-6-4-14/h9,12H,2-8H2,1H3. The molecule has 2 rings (SSSR count). The van der Waals surface area contributed by atoms with Crippen LogP contribution < -0.4 is 5.32 Å². The van der Waals surface area contributed by atoms with E-state index >= 15 is 0 Å². The van der Waals surface area contributed by atoms with Gasteiger partial charge in [-0.05, 0) is 6.54 Å². The fourth-order valence-electron chi connectivity index (χ4n) is 1.72. The predicted octanol–water partition coefficient (Wildman–Crippen LogP) is 1.80. The van der Waals surface area contributed by atoms with Gasteiger partial charge in [-0.25, -0.2) is 4.98 Å². The van der Waals surface area contributed by atoms with Crippen LogP contribution in [-0.4, -0.2) is 41.0 Å². The fraction of sp³-hybridized carbons (Fsp3) is 0.727. The van der Waals surface area contributed by atoms with Crippen molar-refractivity contribution in [2.45, 2.75) is 20.0 Å². The topological polar surface area (TPSA) is 28.2 Å². The summed E-state index contributed by atoms with van der Waals surface area (Å²) in [4.78, 5) is 7.15. The summed E-state index contributed by atoms with van der Waals surface area (Å²) in [6.07, 6.45) is 0. The highest BCUT2D eigenvalue weighted by atomic mass is 32.2. The third-order valence-electron chi connectivity index (χ3n) is 2.61. The van der Waals surface area contributed by atoms with Crippen LogP contribution in [-0.2, 0) is 13.1 Å². The molecule has 1 aromatic rings. The Morgan fingerprint density at radius 3 is 3.00 bits per heavy atom. The quantitative estimate of drug-likeness (QED) is 0.871. The van der Waals surface area contributed by atoms with Crippen LogP contribution in [0, 0.1) is 0 Å². The number of thiazole rings is 1. The molecule has 0 aliphatic carbocycles. The minimum Gasteiger partial charge on any atom is -0.311 e. The van der Waals surface area contributed by atoms with E-state index in [1.165, 1.54) is 35.3 Å². The molecule has 1 aromatic heterocycles. The molecule has 0 amide bonds. The van der Waals surface area contributed by atoms with Gasteiger partial charge in [0, 0.05) is 43.1 Å². The van der Waals surface area contributed by atoms with Gasteiger partial charge in [0.25, 0.3) is 0 Å². The normalized spacial score (nSPS) is 17.8. The highest BCUT2D eigenvalue weighted by molar-refractivity contribution is 7.99. The van der Waals surface area contributed by atoms with Crippen LogP contribution in [0.1, 0.15) is 17.6 Å². The van der Waals surface area contributed by atoms with E-state index in [4.69, 9.17) is 0 Å². The molecule has 0 aromatic carbocycles. The Labute approximate surface area is 106 Å². The summed E-state index contributed by atoms with van der Waals surface area (Å²) >= 11 is 3.83. The molecule has 0 bridgehead atoms. The molecule has 1 aliphatic rings. The predicted molar refractivity (Wildman–Crippen MR) is 72.1 cm³/mol. The number of hydrogen-bond acceptors (Lipinski definition) is 5. The second-order valence-electron chi connectivity index (χ2n) is 3.90. The molecule has 2 heterocycles. The maximum Gasteiger partial charge on any atom is 0.107 e. The van der Waals surface area contributed by atoms with Crippen LogP contribution in [0.4, 0.5) is 0 Å². The van der Waals surface area contributed by atoms with Gasteiger partial charge in [-0.1, -0.05) is 6.92 Å². The van der Waals surface area contributed by atoms with Gasteiger partial charge >= 0.3 is 0 Å². The second-order valence-corrected chi connectivity index (χ2v) is 6.07. The third kappa shape index (κ3) is 3.73. The van der Waals surface area contributed by atoms with Gasteiger partial charge in [0.05, 0.1) is 5.69 Å². The first-order chi connectivity index (χ1) is 7.88. The van der Waals surface area contributed by atoms with Crippen molar-refractivity contribution in [2.24, 2.45) is 0 Å². The van der Waals surface area contributed by atoms with E-state index in [-0.39, 0.29) is 0 Å². The van der Waals surface area contributed by atoms with E-state index in [1.807, 2.05) is 0 Å². The Kier molecular flexibility index (Phi) is 5.09. The fourth-order valence-corrected chi connectivity index (χ4v) is 3.46. The van der Waals surface area contributed by atoms with Crippen LogP contribution in [0.2, 0.25) is 0 Å². The van der Waals surface area contributed by atoms with Crippen molar-refractivity contribution in [2.75, 3.05) is 31.1 Å². The molecule has 0 saturated carbocycles. The lowest BCUT2D eigenvalue weighted by molar-refractivity contribution is 0.291. The van der Waals surface area contributed by atoms with Crippen molar-refractivity contribution in [3.05, 3.63) is 16.1 Å². The highest BCUT2D eigenvalue weighted by Crippen LogP contribution is 2.15. The van der Waals surface area contributed by atoms with E-state index < -0.39 is 0 Å². The first-order valence-electron chi connectivity index (χ1n) is 5.82. The first-order valence-corrected chi connectivity index (χ1v) is 7.86. The average Bonchev–Trinajstić information content (AvgIpc) is 2.75. The van der Waals surface area contributed by atoms with E-state index in [1.54, 1.807) is 11.3 Å². The molecule has 0 spiro atoms. The van der Waals surface area contributed by atoms with Crippen molar-refractivity contribution in [1.29, 1.82) is 0 Å². The Bertz CT molecular complexity index is 308. The van der Waals surface area contributed by atoms with Gasteiger partial charge in [-0.15, -0.1) is 11.3 Å². The Morgan fingerprint density at radius 2 is 2.25 bits per heavy atom.